The van der Waals surface area contributed by atoms with Crippen molar-refractivity contribution in [2.75, 3.05) is 49.9 Å². The van der Waals surface area contributed by atoms with Gasteiger partial charge in [0.05, 0.1) is 46.2 Å². The van der Waals surface area contributed by atoms with E-state index in [1.165, 1.54) is 12.1 Å². The minimum Gasteiger partial charge on any atom is -0.507 e. The molecular formula is C40H50FN9O4S. The SMILES string of the molecule is C=C(N[C@@H](C)c1ccc(-c2scnc2C)cc1)[C@@H]1C[C@@H](O)CN1C(=O)[C@@H](NC(=O)CN1CCN(c2cc(-c3cc(F)ccc3O)nnc2N)CC1)C(C)(C)C. The Hall–Kier alpha value is -5.12. The maximum atomic E-state index is 14.3. The molecule has 2 aromatic carbocycles. The van der Waals surface area contributed by atoms with E-state index in [1.54, 1.807) is 22.3 Å². The van der Waals surface area contributed by atoms with Crippen LogP contribution in [0, 0.1) is 18.2 Å². The number of carbonyl (C=O) groups is 2. The molecule has 4 atom stereocenters. The Morgan fingerprint density at radius 1 is 1.07 bits per heavy atom. The number of anilines is 2. The van der Waals surface area contributed by atoms with Crippen LogP contribution in [0.2, 0.25) is 0 Å². The Morgan fingerprint density at radius 3 is 2.44 bits per heavy atom. The Kier molecular flexibility index (Phi) is 11.7. The number of aromatic hydroxyl groups is 1. The maximum absolute atomic E-state index is 14.3. The number of phenols is 1. The van der Waals surface area contributed by atoms with Gasteiger partial charge in [-0.25, -0.2) is 9.37 Å². The molecule has 2 aliphatic heterocycles. The average Bonchev–Trinajstić information content (AvgIpc) is 3.76. The summed E-state index contributed by atoms with van der Waals surface area (Å²) in [5, 5.41) is 35.6. The van der Waals surface area contributed by atoms with Crippen molar-refractivity contribution in [2.24, 2.45) is 5.41 Å². The molecule has 0 saturated carbocycles. The van der Waals surface area contributed by atoms with Gasteiger partial charge >= 0.3 is 0 Å². The molecule has 292 valence electrons. The number of likely N-dealkylation sites (tertiary alicyclic amines) is 1. The molecule has 2 aliphatic rings. The molecule has 2 fully saturated rings. The van der Waals surface area contributed by atoms with Gasteiger partial charge in [0.2, 0.25) is 11.8 Å². The van der Waals surface area contributed by atoms with Gasteiger partial charge in [-0.3, -0.25) is 14.5 Å². The zero-order valence-electron chi connectivity index (χ0n) is 31.9. The molecule has 2 amide bonds. The summed E-state index contributed by atoms with van der Waals surface area (Å²) in [6, 6.07) is 12.2. The topological polar surface area (TPSA) is 173 Å². The second-order valence-electron chi connectivity index (χ2n) is 15.5. The zero-order chi connectivity index (χ0) is 39.6. The van der Waals surface area contributed by atoms with Crippen LogP contribution in [0.3, 0.4) is 0 Å². The Labute approximate surface area is 325 Å². The molecule has 6 N–H and O–H groups in total. The van der Waals surface area contributed by atoms with Gasteiger partial charge in [0, 0.05) is 56.4 Å². The van der Waals surface area contributed by atoms with Crippen molar-refractivity contribution in [3.8, 4) is 27.4 Å². The quantitative estimate of drug-likeness (QED) is 0.146. The fraction of sp³-hybridized carbons (Fsp3) is 0.425. The number of nitrogen functional groups attached to an aromatic ring is 1. The molecule has 2 aromatic heterocycles. The molecule has 0 spiro atoms. The van der Waals surface area contributed by atoms with Gasteiger partial charge in [0.1, 0.15) is 17.6 Å². The predicted molar refractivity (Wildman–Crippen MR) is 213 cm³/mol. The lowest BCUT2D eigenvalue weighted by molar-refractivity contribution is -0.140. The number of piperazine rings is 1. The van der Waals surface area contributed by atoms with Crippen molar-refractivity contribution in [3.05, 3.63) is 83.4 Å². The number of phenolic OH excluding ortho intramolecular Hbond substituents is 1. The minimum absolute atomic E-state index is 0.0827. The summed E-state index contributed by atoms with van der Waals surface area (Å²) < 4.78 is 13.9. The van der Waals surface area contributed by atoms with E-state index in [9.17, 15) is 24.2 Å². The largest absolute Gasteiger partial charge is 0.507 e. The van der Waals surface area contributed by atoms with Crippen molar-refractivity contribution >= 4 is 34.7 Å². The predicted octanol–water partition coefficient (Wildman–Crippen LogP) is 4.48. The highest BCUT2D eigenvalue weighted by Gasteiger charge is 2.43. The van der Waals surface area contributed by atoms with Gasteiger partial charge in [-0.05, 0) is 54.7 Å². The number of nitrogens with zero attached hydrogens (tertiary/aromatic N) is 6. The van der Waals surface area contributed by atoms with Gasteiger partial charge in [-0.15, -0.1) is 21.5 Å². The van der Waals surface area contributed by atoms with E-state index in [2.05, 4.69) is 56.7 Å². The molecule has 0 aliphatic carbocycles. The highest BCUT2D eigenvalue weighted by molar-refractivity contribution is 7.13. The second-order valence-corrected chi connectivity index (χ2v) is 16.3. The van der Waals surface area contributed by atoms with Crippen LogP contribution in [0.25, 0.3) is 21.7 Å². The number of hydrogen-bond acceptors (Lipinski definition) is 12. The number of nitrogens with two attached hydrogens (primary N) is 1. The summed E-state index contributed by atoms with van der Waals surface area (Å²) in [5.41, 5.74) is 12.3. The Morgan fingerprint density at radius 2 is 1.78 bits per heavy atom. The summed E-state index contributed by atoms with van der Waals surface area (Å²) in [6.07, 6.45) is -0.386. The first kappa shape index (κ1) is 39.6. The molecule has 4 aromatic rings. The van der Waals surface area contributed by atoms with E-state index in [0.29, 0.717) is 44.0 Å². The number of aromatic nitrogens is 3. The number of β-amino-alcohol motifs (C(OH)–C–C–N with tert-alkyl or cyclic N) is 1. The molecule has 0 unspecified atom stereocenters. The number of aliphatic hydroxyl groups is 1. The zero-order valence-corrected chi connectivity index (χ0v) is 32.7. The highest BCUT2D eigenvalue weighted by Crippen LogP contribution is 2.34. The fourth-order valence-corrected chi connectivity index (χ4v) is 8.02. The lowest BCUT2D eigenvalue weighted by Gasteiger charge is -2.38. The Balaban J connectivity index is 1.06. The van der Waals surface area contributed by atoms with E-state index in [-0.39, 0.29) is 53.8 Å². The first-order valence-corrected chi connectivity index (χ1v) is 19.3. The van der Waals surface area contributed by atoms with Gasteiger partial charge < -0.3 is 36.4 Å². The van der Waals surface area contributed by atoms with Gasteiger partial charge in [0.25, 0.3) is 0 Å². The molecule has 13 nitrogen and oxygen atoms in total. The number of aliphatic hydroxyl groups excluding tert-OH is 1. The first-order chi connectivity index (χ1) is 26.1. The van der Waals surface area contributed by atoms with Crippen molar-refractivity contribution in [1.82, 2.24) is 35.6 Å². The summed E-state index contributed by atoms with van der Waals surface area (Å²) in [5.74, 6) is -0.988. The van der Waals surface area contributed by atoms with Crippen LogP contribution >= 0.6 is 11.3 Å². The molecule has 2 saturated heterocycles. The van der Waals surface area contributed by atoms with E-state index in [1.807, 2.05) is 49.9 Å². The summed E-state index contributed by atoms with van der Waals surface area (Å²) in [4.78, 5) is 39.0. The molecular weight excluding hydrogens is 722 g/mol. The average molecular weight is 772 g/mol. The van der Waals surface area contributed by atoms with Crippen LogP contribution < -0.4 is 21.3 Å². The van der Waals surface area contributed by atoms with E-state index >= 15 is 0 Å². The number of nitrogens with one attached hydrogen (secondary N) is 2. The van der Waals surface area contributed by atoms with Crippen molar-refractivity contribution in [3.63, 3.8) is 0 Å². The number of rotatable bonds is 11. The van der Waals surface area contributed by atoms with E-state index in [4.69, 9.17) is 5.73 Å². The molecule has 6 rings (SSSR count). The smallest absolute Gasteiger partial charge is 0.246 e. The lowest BCUT2D eigenvalue weighted by atomic mass is 9.85. The van der Waals surface area contributed by atoms with Gasteiger partial charge in [-0.2, -0.15) is 0 Å². The molecule has 0 radical (unpaired) electrons. The standard InChI is InChI=1S/C40H50FN9O4S/c1-23(26-7-9-27(10-8-26)36-25(3)43-22-55-36)44-24(2)32-18-29(51)20-50(32)39(54)37(40(4,5)6)45-35(53)21-48-13-15-49(16-14-48)33-19-31(46-47-38(33)42)30-17-28(41)11-12-34(30)52/h7-12,17,19,22-23,29,32,37,44,51-52H,2,13-16,18,20-21H2,1,3-6H3,(H2,42,47)(H,45,53)/t23-,29+,32-,37+/m0/s1. The van der Waals surface area contributed by atoms with Crippen LogP contribution in [0.5, 0.6) is 5.75 Å². The maximum Gasteiger partial charge on any atom is 0.246 e. The lowest BCUT2D eigenvalue weighted by Crippen LogP contribution is -2.58. The van der Waals surface area contributed by atoms with Gasteiger partial charge in [0.15, 0.2) is 5.82 Å². The number of carbonyl (C=O) groups excluding carboxylic acids is 2. The summed E-state index contributed by atoms with van der Waals surface area (Å²) >= 11 is 1.61. The van der Waals surface area contributed by atoms with Crippen LogP contribution in [-0.2, 0) is 9.59 Å². The second kappa shape index (κ2) is 16.3. The van der Waals surface area contributed by atoms with Crippen LogP contribution in [0.4, 0.5) is 15.9 Å². The Bertz CT molecular complexity index is 2030. The van der Waals surface area contributed by atoms with Crippen molar-refractivity contribution in [2.45, 2.75) is 65.3 Å². The third-order valence-electron chi connectivity index (χ3n) is 10.3. The minimum atomic E-state index is -0.845. The van der Waals surface area contributed by atoms with Crippen molar-refractivity contribution in [1.29, 1.82) is 0 Å². The van der Waals surface area contributed by atoms with Crippen LogP contribution in [0.15, 0.2) is 66.3 Å². The number of aryl methyl sites for hydroxylation is 1. The molecule has 0 bridgehead atoms. The number of halogens is 1. The van der Waals surface area contributed by atoms with E-state index < -0.39 is 29.4 Å². The molecule has 15 heteroatoms. The number of thiazole rings is 1. The number of hydrogen-bond donors (Lipinski definition) is 5. The third-order valence-corrected chi connectivity index (χ3v) is 11.3. The highest BCUT2D eigenvalue weighted by atomic mass is 32.1. The third kappa shape index (κ3) is 9.06. The summed E-state index contributed by atoms with van der Waals surface area (Å²) in [6.45, 7) is 16.4. The fourth-order valence-electron chi connectivity index (χ4n) is 7.21. The van der Waals surface area contributed by atoms with Crippen LogP contribution in [0.1, 0.15) is 51.4 Å². The monoisotopic (exact) mass is 771 g/mol. The van der Waals surface area contributed by atoms with E-state index in [0.717, 1.165) is 27.8 Å². The first-order valence-electron chi connectivity index (χ1n) is 18.4. The number of amides is 2. The van der Waals surface area contributed by atoms with Crippen LogP contribution in [-0.4, -0.2) is 104 Å². The van der Waals surface area contributed by atoms with Gasteiger partial charge in [-0.1, -0.05) is 51.6 Å². The van der Waals surface area contributed by atoms with Crippen molar-refractivity contribution < 1.29 is 24.2 Å². The molecule has 55 heavy (non-hydrogen) atoms. The normalized spacial score (nSPS) is 18.9. The number of benzene rings is 2. The molecule has 4 heterocycles. The summed E-state index contributed by atoms with van der Waals surface area (Å²) in [7, 11) is 0.